The minimum Gasteiger partial charge on any atom is -0.497 e. The first-order chi connectivity index (χ1) is 15.1. The fourth-order valence-corrected chi connectivity index (χ4v) is 3.55. The molecule has 0 radical (unpaired) electrons. The highest BCUT2D eigenvalue weighted by atomic mass is 16.5. The number of benzene rings is 2. The number of hydrogen-bond acceptors (Lipinski definition) is 4. The van der Waals surface area contributed by atoms with E-state index in [0.29, 0.717) is 12.1 Å². The van der Waals surface area contributed by atoms with Crippen molar-refractivity contribution in [2.24, 2.45) is 0 Å². The van der Waals surface area contributed by atoms with Gasteiger partial charge in [-0.15, -0.1) is 0 Å². The van der Waals surface area contributed by atoms with Crippen molar-refractivity contribution in [3.63, 3.8) is 0 Å². The smallest absolute Gasteiger partial charge is 0.252 e. The fraction of sp³-hybridized carbons (Fsp3) is 0.240. The SMILES string of the molecule is COc1ccc(CCNC(=O)c2cc(-c3ccccc3)nc3c2cnn3C(C)C)cc1. The van der Waals surface area contributed by atoms with Gasteiger partial charge in [0.1, 0.15) is 5.75 Å². The van der Waals surface area contributed by atoms with Crippen LogP contribution in [0.15, 0.2) is 66.9 Å². The molecule has 0 aliphatic heterocycles. The maximum Gasteiger partial charge on any atom is 0.252 e. The molecule has 0 aliphatic rings. The lowest BCUT2D eigenvalue weighted by Crippen LogP contribution is -2.26. The summed E-state index contributed by atoms with van der Waals surface area (Å²) in [5.41, 5.74) is 4.17. The normalized spacial score (nSPS) is 11.1. The summed E-state index contributed by atoms with van der Waals surface area (Å²) in [6.45, 7) is 4.64. The zero-order chi connectivity index (χ0) is 21.8. The Morgan fingerprint density at radius 3 is 2.52 bits per heavy atom. The molecule has 1 amide bonds. The molecule has 4 rings (SSSR count). The van der Waals surface area contributed by atoms with Crippen molar-refractivity contribution >= 4 is 16.9 Å². The van der Waals surface area contributed by atoms with Gasteiger partial charge in [-0.25, -0.2) is 9.67 Å². The van der Waals surface area contributed by atoms with E-state index in [2.05, 4.69) is 24.3 Å². The average molecular weight is 415 g/mol. The van der Waals surface area contributed by atoms with E-state index in [1.54, 1.807) is 13.3 Å². The van der Waals surface area contributed by atoms with Crippen LogP contribution in [-0.4, -0.2) is 34.3 Å². The zero-order valence-electron chi connectivity index (χ0n) is 18.0. The van der Waals surface area contributed by atoms with Crippen molar-refractivity contribution in [2.75, 3.05) is 13.7 Å². The number of amides is 1. The minimum atomic E-state index is -0.124. The Labute approximate surface area is 181 Å². The first-order valence-electron chi connectivity index (χ1n) is 10.4. The molecule has 0 saturated carbocycles. The standard InChI is InChI=1S/C25H26N4O2/c1-17(2)29-24-22(16-27-29)21(15-23(28-24)19-7-5-4-6-8-19)25(30)26-14-13-18-9-11-20(31-3)12-10-18/h4-12,15-17H,13-14H2,1-3H3,(H,26,30). The van der Waals surface area contributed by atoms with Gasteiger partial charge in [0.15, 0.2) is 5.65 Å². The molecular weight excluding hydrogens is 388 g/mol. The number of ether oxygens (including phenoxy) is 1. The highest BCUT2D eigenvalue weighted by molar-refractivity contribution is 6.06. The molecule has 6 heteroatoms. The molecular formula is C25H26N4O2. The summed E-state index contributed by atoms with van der Waals surface area (Å²) in [5, 5.41) is 8.29. The third kappa shape index (κ3) is 4.43. The highest BCUT2D eigenvalue weighted by Crippen LogP contribution is 2.26. The summed E-state index contributed by atoms with van der Waals surface area (Å²) in [5.74, 6) is 0.698. The number of rotatable bonds is 7. The molecule has 2 aromatic carbocycles. The molecule has 4 aromatic rings. The Balaban J connectivity index is 1.61. The Morgan fingerprint density at radius 1 is 1.10 bits per heavy atom. The summed E-state index contributed by atoms with van der Waals surface area (Å²) in [7, 11) is 1.65. The van der Waals surface area contributed by atoms with Gasteiger partial charge in [-0.2, -0.15) is 5.10 Å². The van der Waals surface area contributed by atoms with Crippen LogP contribution in [0.2, 0.25) is 0 Å². The van der Waals surface area contributed by atoms with Crippen molar-refractivity contribution in [2.45, 2.75) is 26.3 Å². The molecule has 158 valence electrons. The number of hydrogen-bond donors (Lipinski definition) is 1. The molecule has 1 N–H and O–H groups in total. The predicted molar refractivity (Wildman–Crippen MR) is 122 cm³/mol. The number of fused-ring (bicyclic) bond motifs is 1. The van der Waals surface area contributed by atoms with Gasteiger partial charge in [0.2, 0.25) is 0 Å². The van der Waals surface area contributed by atoms with E-state index < -0.39 is 0 Å². The van der Waals surface area contributed by atoms with Crippen LogP contribution >= 0.6 is 0 Å². The molecule has 31 heavy (non-hydrogen) atoms. The molecule has 0 saturated heterocycles. The van der Waals surface area contributed by atoms with Gasteiger partial charge in [0.25, 0.3) is 5.91 Å². The predicted octanol–water partition coefficient (Wildman–Crippen LogP) is 4.66. The first-order valence-corrected chi connectivity index (χ1v) is 10.4. The van der Waals surface area contributed by atoms with Crippen molar-refractivity contribution < 1.29 is 9.53 Å². The van der Waals surface area contributed by atoms with Gasteiger partial charge in [-0.3, -0.25) is 4.79 Å². The molecule has 0 unspecified atom stereocenters. The first kappa shape index (κ1) is 20.6. The largest absolute Gasteiger partial charge is 0.497 e. The minimum absolute atomic E-state index is 0.124. The zero-order valence-corrected chi connectivity index (χ0v) is 18.0. The van der Waals surface area contributed by atoms with Crippen LogP contribution in [0.25, 0.3) is 22.3 Å². The highest BCUT2D eigenvalue weighted by Gasteiger charge is 2.18. The van der Waals surface area contributed by atoms with E-state index in [1.165, 1.54) is 0 Å². The molecule has 0 spiro atoms. The van der Waals surface area contributed by atoms with E-state index in [0.717, 1.165) is 40.0 Å². The topological polar surface area (TPSA) is 69.0 Å². The van der Waals surface area contributed by atoms with Gasteiger partial charge < -0.3 is 10.1 Å². The Hall–Kier alpha value is -3.67. The quantitative estimate of drug-likeness (QED) is 0.478. The Bertz CT molecular complexity index is 1180. The number of nitrogens with zero attached hydrogens (tertiary/aromatic N) is 3. The van der Waals surface area contributed by atoms with Gasteiger partial charge in [-0.1, -0.05) is 42.5 Å². The molecule has 0 aliphatic carbocycles. The van der Waals surface area contributed by atoms with Crippen LogP contribution in [0, 0.1) is 0 Å². The summed E-state index contributed by atoms with van der Waals surface area (Å²) in [6, 6.07) is 19.8. The molecule has 2 aromatic heterocycles. The molecule has 0 bridgehead atoms. The summed E-state index contributed by atoms with van der Waals surface area (Å²) in [6.07, 6.45) is 2.47. The molecule has 6 nitrogen and oxygen atoms in total. The lowest BCUT2D eigenvalue weighted by atomic mass is 10.1. The second kappa shape index (κ2) is 9.00. The molecule has 2 heterocycles. The van der Waals surface area contributed by atoms with Crippen LogP contribution in [0.3, 0.4) is 0 Å². The number of pyridine rings is 1. The average Bonchev–Trinajstić information content (AvgIpc) is 3.24. The monoisotopic (exact) mass is 414 g/mol. The van der Waals surface area contributed by atoms with E-state index in [1.807, 2.05) is 65.3 Å². The lowest BCUT2D eigenvalue weighted by Gasteiger charge is -2.11. The van der Waals surface area contributed by atoms with Gasteiger partial charge in [-0.05, 0) is 44.0 Å². The fourth-order valence-electron chi connectivity index (χ4n) is 3.55. The molecule has 0 fully saturated rings. The van der Waals surface area contributed by atoms with E-state index >= 15 is 0 Å². The second-order valence-electron chi connectivity index (χ2n) is 7.70. The van der Waals surface area contributed by atoms with E-state index in [9.17, 15) is 4.79 Å². The number of carbonyl (C=O) groups is 1. The number of methoxy groups -OCH3 is 1. The van der Waals surface area contributed by atoms with Crippen LogP contribution < -0.4 is 10.1 Å². The maximum absolute atomic E-state index is 13.1. The maximum atomic E-state index is 13.1. The third-order valence-corrected chi connectivity index (χ3v) is 5.23. The summed E-state index contributed by atoms with van der Waals surface area (Å²) >= 11 is 0. The van der Waals surface area contributed by atoms with Crippen molar-refractivity contribution in [3.8, 4) is 17.0 Å². The van der Waals surface area contributed by atoms with Crippen LogP contribution in [0.4, 0.5) is 0 Å². The molecule has 0 atom stereocenters. The van der Waals surface area contributed by atoms with Gasteiger partial charge in [0, 0.05) is 18.2 Å². The van der Waals surface area contributed by atoms with Gasteiger partial charge in [0.05, 0.1) is 30.0 Å². The van der Waals surface area contributed by atoms with E-state index in [4.69, 9.17) is 9.72 Å². The van der Waals surface area contributed by atoms with Crippen LogP contribution in [-0.2, 0) is 6.42 Å². The van der Waals surface area contributed by atoms with Crippen molar-refractivity contribution in [1.82, 2.24) is 20.1 Å². The summed E-state index contributed by atoms with van der Waals surface area (Å²) in [4.78, 5) is 17.9. The number of aromatic nitrogens is 3. The number of nitrogens with one attached hydrogen (secondary N) is 1. The van der Waals surface area contributed by atoms with Crippen LogP contribution in [0.5, 0.6) is 5.75 Å². The summed E-state index contributed by atoms with van der Waals surface area (Å²) < 4.78 is 7.05. The third-order valence-electron chi connectivity index (χ3n) is 5.23. The van der Waals surface area contributed by atoms with Crippen LogP contribution in [0.1, 0.15) is 35.8 Å². The van der Waals surface area contributed by atoms with Crippen molar-refractivity contribution in [3.05, 3.63) is 78.0 Å². The number of carbonyl (C=O) groups excluding carboxylic acids is 1. The second-order valence-corrected chi connectivity index (χ2v) is 7.70. The van der Waals surface area contributed by atoms with E-state index in [-0.39, 0.29) is 11.9 Å². The van der Waals surface area contributed by atoms with Gasteiger partial charge >= 0.3 is 0 Å². The Kier molecular flexibility index (Phi) is 5.98. The van der Waals surface area contributed by atoms with Crippen molar-refractivity contribution in [1.29, 1.82) is 0 Å². The Morgan fingerprint density at radius 2 is 1.84 bits per heavy atom. The lowest BCUT2D eigenvalue weighted by molar-refractivity contribution is 0.0955.